The summed E-state index contributed by atoms with van der Waals surface area (Å²) in [6.45, 7) is 5.82. The van der Waals surface area contributed by atoms with Crippen molar-refractivity contribution in [2.45, 2.75) is 25.9 Å². The molecule has 1 unspecified atom stereocenters. The molecule has 0 spiro atoms. The molecule has 0 aromatic heterocycles. The van der Waals surface area contributed by atoms with Gasteiger partial charge in [-0.3, -0.25) is 0 Å². The van der Waals surface area contributed by atoms with Crippen LogP contribution in [-0.4, -0.2) is 5.11 Å². The number of aliphatic hydroxyl groups excluding tert-OH is 1. The van der Waals surface area contributed by atoms with Gasteiger partial charge in [-0.25, -0.2) is 4.39 Å². The van der Waals surface area contributed by atoms with Crippen LogP contribution in [0.4, 0.5) is 4.39 Å². The van der Waals surface area contributed by atoms with Gasteiger partial charge in [-0.05, 0) is 30.5 Å². The molecule has 1 aromatic rings. The molecule has 14 heavy (non-hydrogen) atoms. The summed E-state index contributed by atoms with van der Waals surface area (Å²) in [6.07, 6.45) is 0.837. The van der Waals surface area contributed by atoms with Gasteiger partial charge in [0.2, 0.25) is 0 Å². The standard InChI is InChI=1S/C12H15FO/c1-3-9(2)8-12(14)10-4-6-11(13)7-5-10/h4-7,12,14H,2-3,8H2,1H3. The van der Waals surface area contributed by atoms with Crippen LogP contribution in [0.15, 0.2) is 36.4 Å². The van der Waals surface area contributed by atoms with Crippen molar-refractivity contribution in [1.29, 1.82) is 0 Å². The van der Waals surface area contributed by atoms with Crippen molar-refractivity contribution in [3.05, 3.63) is 47.8 Å². The maximum absolute atomic E-state index is 12.6. The first-order chi connectivity index (χ1) is 6.63. The minimum absolute atomic E-state index is 0.282. The third-order valence-corrected chi connectivity index (χ3v) is 2.24. The van der Waals surface area contributed by atoms with E-state index in [9.17, 15) is 9.50 Å². The summed E-state index contributed by atoms with van der Waals surface area (Å²) in [6, 6.07) is 5.91. The maximum Gasteiger partial charge on any atom is 0.123 e. The van der Waals surface area contributed by atoms with Crippen LogP contribution in [0.5, 0.6) is 0 Å². The van der Waals surface area contributed by atoms with Gasteiger partial charge in [0.25, 0.3) is 0 Å². The smallest absolute Gasteiger partial charge is 0.123 e. The van der Waals surface area contributed by atoms with Crippen molar-refractivity contribution in [1.82, 2.24) is 0 Å². The van der Waals surface area contributed by atoms with Gasteiger partial charge >= 0.3 is 0 Å². The molecule has 0 bridgehead atoms. The summed E-state index contributed by atoms with van der Waals surface area (Å²) in [5, 5.41) is 9.73. The van der Waals surface area contributed by atoms with E-state index in [0.717, 1.165) is 17.6 Å². The zero-order valence-electron chi connectivity index (χ0n) is 8.33. The van der Waals surface area contributed by atoms with Gasteiger partial charge in [-0.15, -0.1) is 0 Å². The lowest BCUT2D eigenvalue weighted by Crippen LogP contribution is -1.98. The molecule has 0 heterocycles. The van der Waals surface area contributed by atoms with E-state index in [-0.39, 0.29) is 5.82 Å². The number of halogens is 1. The average Bonchev–Trinajstić information content (AvgIpc) is 2.18. The molecule has 1 atom stereocenters. The van der Waals surface area contributed by atoms with Crippen LogP contribution in [0.2, 0.25) is 0 Å². The van der Waals surface area contributed by atoms with Crippen LogP contribution in [0.1, 0.15) is 31.4 Å². The van der Waals surface area contributed by atoms with Gasteiger partial charge in [0, 0.05) is 0 Å². The minimum Gasteiger partial charge on any atom is -0.388 e. The topological polar surface area (TPSA) is 20.2 Å². The number of rotatable bonds is 4. The summed E-state index contributed by atoms with van der Waals surface area (Å²) >= 11 is 0. The van der Waals surface area contributed by atoms with E-state index in [1.54, 1.807) is 12.1 Å². The highest BCUT2D eigenvalue weighted by Crippen LogP contribution is 2.21. The third kappa shape index (κ3) is 2.96. The Morgan fingerprint density at radius 2 is 2.00 bits per heavy atom. The second kappa shape index (κ2) is 4.91. The van der Waals surface area contributed by atoms with Gasteiger partial charge < -0.3 is 5.11 Å². The van der Waals surface area contributed by atoms with E-state index in [4.69, 9.17) is 0 Å². The minimum atomic E-state index is -0.567. The quantitative estimate of drug-likeness (QED) is 0.730. The van der Waals surface area contributed by atoms with E-state index in [1.807, 2.05) is 6.92 Å². The molecule has 0 fully saturated rings. The van der Waals surface area contributed by atoms with Gasteiger partial charge in [0.05, 0.1) is 6.10 Å². The second-order valence-electron chi connectivity index (χ2n) is 3.38. The fourth-order valence-corrected chi connectivity index (χ4v) is 1.22. The predicted molar refractivity (Wildman–Crippen MR) is 55.4 cm³/mol. The van der Waals surface area contributed by atoms with Crippen LogP contribution in [0.3, 0.4) is 0 Å². The Labute approximate surface area is 83.9 Å². The molecular formula is C12H15FO. The molecule has 1 rings (SSSR count). The largest absolute Gasteiger partial charge is 0.388 e. The van der Waals surface area contributed by atoms with Crippen molar-refractivity contribution in [2.75, 3.05) is 0 Å². The van der Waals surface area contributed by atoms with E-state index in [0.29, 0.717) is 6.42 Å². The molecule has 0 aliphatic heterocycles. The van der Waals surface area contributed by atoms with Gasteiger partial charge in [-0.1, -0.05) is 31.2 Å². The summed E-state index contributed by atoms with van der Waals surface area (Å²) in [5.41, 5.74) is 1.74. The van der Waals surface area contributed by atoms with Crippen LogP contribution < -0.4 is 0 Å². The predicted octanol–water partition coefficient (Wildman–Crippen LogP) is 3.22. The molecule has 0 saturated carbocycles. The normalized spacial score (nSPS) is 12.5. The van der Waals surface area contributed by atoms with Gasteiger partial charge in [0.1, 0.15) is 5.82 Å². The monoisotopic (exact) mass is 194 g/mol. The third-order valence-electron chi connectivity index (χ3n) is 2.24. The first-order valence-corrected chi connectivity index (χ1v) is 4.73. The molecule has 0 amide bonds. The highest BCUT2D eigenvalue weighted by atomic mass is 19.1. The Balaban J connectivity index is 2.65. The summed E-state index contributed by atoms with van der Waals surface area (Å²) in [7, 11) is 0. The fourth-order valence-electron chi connectivity index (χ4n) is 1.22. The number of aliphatic hydroxyl groups is 1. The highest BCUT2D eigenvalue weighted by Gasteiger charge is 2.08. The van der Waals surface area contributed by atoms with E-state index < -0.39 is 6.10 Å². The summed E-state index contributed by atoms with van der Waals surface area (Å²) in [5.74, 6) is -0.282. The van der Waals surface area contributed by atoms with E-state index in [2.05, 4.69) is 6.58 Å². The molecular weight excluding hydrogens is 179 g/mol. The molecule has 0 radical (unpaired) electrons. The zero-order valence-corrected chi connectivity index (χ0v) is 8.33. The molecule has 1 nitrogen and oxygen atoms in total. The van der Waals surface area contributed by atoms with Crippen LogP contribution >= 0.6 is 0 Å². The Hall–Kier alpha value is -1.15. The lowest BCUT2D eigenvalue weighted by Gasteiger charge is -2.11. The van der Waals surface area contributed by atoms with Crippen molar-refractivity contribution in [3.63, 3.8) is 0 Å². The molecule has 1 aromatic carbocycles. The van der Waals surface area contributed by atoms with Gasteiger partial charge in [0.15, 0.2) is 0 Å². The lowest BCUT2D eigenvalue weighted by molar-refractivity contribution is 0.177. The lowest BCUT2D eigenvalue weighted by atomic mass is 10.0. The number of hydrogen-bond donors (Lipinski definition) is 1. The van der Waals surface area contributed by atoms with Crippen LogP contribution in [0, 0.1) is 5.82 Å². The molecule has 2 heteroatoms. The molecule has 1 N–H and O–H groups in total. The SMILES string of the molecule is C=C(CC)CC(O)c1ccc(F)cc1. The second-order valence-corrected chi connectivity index (χ2v) is 3.38. The highest BCUT2D eigenvalue weighted by molar-refractivity contribution is 5.19. The molecule has 0 saturated heterocycles. The van der Waals surface area contributed by atoms with E-state index >= 15 is 0 Å². The van der Waals surface area contributed by atoms with Crippen molar-refractivity contribution >= 4 is 0 Å². The number of benzene rings is 1. The average molecular weight is 194 g/mol. The molecule has 0 aliphatic carbocycles. The Bertz CT molecular complexity index is 303. The van der Waals surface area contributed by atoms with Crippen molar-refractivity contribution in [2.24, 2.45) is 0 Å². The maximum atomic E-state index is 12.6. The Morgan fingerprint density at radius 3 is 2.50 bits per heavy atom. The Morgan fingerprint density at radius 1 is 1.43 bits per heavy atom. The zero-order chi connectivity index (χ0) is 10.6. The van der Waals surface area contributed by atoms with Crippen LogP contribution in [-0.2, 0) is 0 Å². The molecule has 0 aliphatic rings. The summed E-state index contributed by atoms with van der Waals surface area (Å²) in [4.78, 5) is 0. The molecule has 76 valence electrons. The van der Waals surface area contributed by atoms with Crippen molar-refractivity contribution in [3.8, 4) is 0 Å². The van der Waals surface area contributed by atoms with Gasteiger partial charge in [-0.2, -0.15) is 0 Å². The van der Waals surface area contributed by atoms with E-state index in [1.165, 1.54) is 12.1 Å². The number of hydrogen-bond acceptors (Lipinski definition) is 1. The first-order valence-electron chi connectivity index (χ1n) is 4.73. The van der Waals surface area contributed by atoms with Crippen LogP contribution in [0.25, 0.3) is 0 Å². The summed E-state index contributed by atoms with van der Waals surface area (Å²) < 4.78 is 12.6. The van der Waals surface area contributed by atoms with Crippen molar-refractivity contribution < 1.29 is 9.50 Å². The fraction of sp³-hybridized carbons (Fsp3) is 0.333. The Kier molecular flexibility index (Phi) is 3.84. The first kappa shape index (κ1) is 10.9.